The Morgan fingerprint density at radius 3 is 2.63 bits per heavy atom. The Labute approximate surface area is 111 Å². The molecule has 0 fully saturated rings. The van der Waals surface area contributed by atoms with Crippen LogP contribution in [-0.4, -0.2) is 15.9 Å². The number of nitro groups is 1. The molecule has 0 atom stereocenters. The number of carbonyl (C=O) groups is 1. The first kappa shape index (κ1) is 12.9. The average molecular weight is 283 g/mol. The third kappa shape index (κ3) is 2.83. The summed E-state index contributed by atoms with van der Waals surface area (Å²) in [5, 5.41) is 22.4. The van der Waals surface area contributed by atoms with Crippen LogP contribution in [0.2, 0.25) is 5.22 Å². The van der Waals surface area contributed by atoms with E-state index in [4.69, 9.17) is 16.0 Å². The number of anilines is 1. The Morgan fingerprint density at radius 2 is 2.11 bits per heavy atom. The highest BCUT2D eigenvalue weighted by Crippen LogP contribution is 2.28. The molecule has 8 heteroatoms. The molecule has 1 heterocycles. The molecule has 1 aromatic carbocycles. The van der Waals surface area contributed by atoms with Gasteiger partial charge in [-0.3, -0.25) is 14.9 Å². The van der Waals surface area contributed by atoms with E-state index in [0.717, 1.165) is 12.1 Å². The Balaban J connectivity index is 2.20. The number of hydrogen-bond acceptors (Lipinski definition) is 5. The molecule has 0 saturated heterocycles. The molecule has 0 saturated carbocycles. The number of hydrogen-bond donors (Lipinski definition) is 2. The molecule has 0 radical (unpaired) electrons. The summed E-state index contributed by atoms with van der Waals surface area (Å²) in [7, 11) is 0. The molecule has 1 aromatic heterocycles. The van der Waals surface area contributed by atoms with Gasteiger partial charge in [0.1, 0.15) is 5.75 Å². The van der Waals surface area contributed by atoms with Gasteiger partial charge in [0, 0.05) is 6.07 Å². The normalized spacial score (nSPS) is 10.2. The van der Waals surface area contributed by atoms with Gasteiger partial charge in [0.15, 0.2) is 11.0 Å². The van der Waals surface area contributed by atoms with Crippen LogP contribution in [0.5, 0.6) is 5.75 Å². The van der Waals surface area contributed by atoms with Crippen molar-refractivity contribution in [3.8, 4) is 5.75 Å². The SMILES string of the molecule is O=C(Nc1ccc([N+](=O)[O-])cc1O)c1ccc(Cl)o1. The molecule has 2 aromatic rings. The lowest BCUT2D eigenvalue weighted by molar-refractivity contribution is -0.384. The molecule has 0 aliphatic heterocycles. The second kappa shape index (κ2) is 4.99. The summed E-state index contributed by atoms with van der Waals surface area (Å²) in [5.74, 6) is -1.08. The zero-order chi connectivity index (χ0) is 14.0. The minimum Gasteiger partial charge on any atom is -0.506 e. The van der Waals surface area contributed by atoms with Gasteiger partial charge in [-0.25, -0.2) is 0 Å². The lowest BCUT2D eigenvalue weighted by Gasteiger charge is -2.05. The minimum atomic E-state index is -0.655. The van der Waals surface area contributed by atoms with E-state index < -0.39 is 16.6 Å². The molecule has 0 aliphatic carbocycles. The Hall–Kier alpha value is -2.54. The van der Waals surface area contributed by atoms with Gasteiger partial charge in [0.25, 0.3) is 11.6 Å². The van der Waals surface area contributed by atoms with E-state index in [1.807, 2.05) is 0 Å². The fraction of sp³-hybridized carbons (Fsp3) is 0. The highest BCUT2D eigenvalue weighted by molar-refractivity contribution is 6.29. The molecular weight excluding hydrogens is 276 g/mol. The van der Waals surface area contributed by atoms with Crippen LogP contribution in [0, 0.1) is 10.1 Å². The van der Waals surface area contributed by atoms with Crippen LogP contribution < -0.4 is 5.32 Å². The van der Waals surface area contributed by atoms with Crippen LogP contribution in [0.4, 0.5) is 11.4 Å². The van der Waals surface area contributed by atoms with Crippen molar-refractivity contribution < 1.29 is 19.2 Å². The van der Waals surface area contributed by atoms with Crippen molar-refractivity contribution in [1.29, 1.82) is 0 Å². The molecule has 19 heavy (non-hydrogen) atoms. The number of nitrogens with zero attached hydrogens (tertiary/aromatic N) is 1. The largest absolute Gasteiger partial charge is 0.506 e. The average Bonchev–Trinajstić information content (AvgIpc) is 2.78. The smallest absolute Gasteiger partial charge is 0.291 e. The molecule has 2 rings (SSSR count). The van der Waals surface area contributed by atoms with Crippen LogP contribution in [0.15, 0.2) is 34.7 Å². The summed E-state index contributed by atoms with van der Waals surface area (Å²) in [4.78, 5) is 21.5. The van der Waals surface area contributed by atoms with Crippen molar-refractivity contribution in [2.24, 2.45) is 0 Å². The molecule has 0 aliphatic rings. The van der Waals surface area contributed by atoms with Gasteiger partial charge in [0.05, 0.1) is 16.7 Å². The van der Waals surface area contributed by atoms with Gasteiger partial charge in [-0.2, -0.15) is 0 Å². The maximum Gasteiger partial charge on any atom is 0.291 e. The highest BCUT2D eigenvalue weighted by Gasteiger charge is 2.15. The van der Waals surface area contributed by atoms with Gasteiger partial charge in [-0.05, 0) is 29.8 Å². The summed E-state index contributed by atoms with van der Waals surface area (Å²) in [6, 6.07) is 6.07. The zero-order valence-electron chi connectivity index (χ0n) is 9.29. The lowest BCUT2D eigenvalue weighted by Crippen LogP contribution is -2.10. The quantitative estimate of drug-likeness (QED) is 0.511. The van der Waals surface area contributed by atoms with Crippen molar-refractivity contribution >= 4 is 28.9 Å². The van der Waals surface area contributed by atoms with Crippen LogP contribution in [0.25, 0.3) is 0 Å². The molecule has 2 N–H and O–H groups in total. The number of phenolic OH excluding ortho intramolecular Hbond substituents is 1. The van der Waals surface area contributed by atoms with Crippen molar-refractivity contribution in [2.45, 2.75) is 0 Å². The fourth-order valence-corrected chi connectivity index (χ4v) is 1.51. The van der Waals surface area contributed by atoms with Crippen molar-refractivity contribution in [3.63, 3.8) is 0 Å². The second-order valence-electron chi connectivity index (χ2n) is 3.52. The summed E-state index contributed by atoms with van der Waals surface area (Å²) in [5.41, 5.74) is -0.250. The number of phenols is 1. The van der Waals surface area contributed by atoms with Crippen LogP contribution in [0.3, 0.4) is 0 Å². The van der Waals surface area contributed by atoms with Crippen LogP contribution >= 0.6 is 11.6 Å². The Kier molecular flexibility index (Phi) is 3.39. The summed E-state index contributed by atoms with van der Waals surface area (Å²) in [6.45, 7) is 0. The van der Waals surface area contributed by atoms with Crippen LogP contribution in [0.1, 0.15) is 10.6 Å². The number of non-ortho nitro benzene ring substituents is 1. The van der Waals surface area contributed by atoms with E-state index in [-0.39, 0.29) is 22.4 Å². The zero-order valence-corrected chi connectivity index (χ0v) is 10.0. The summed E-state index contributed by atoms with van der Waals surface area (Å²) in [6.07, 6.45) is 0. The van der Waals surface area contributed by atoms with Gasteiger partial charge in [-0.1, -0.05) is 0 Å². The Morgan fingerprint density at radius 1 is 1.37 bits per heavy atom. The molecule has 0 spiro atoms. The second-order valence-corrected chi connectivity index (χ2v) is 3.89. The number of benzene rings is 1. The maximum absolute atomic E-state index is 11.7. The first-order valence-corrected chi connectivity index (χ1v) is 5.39. The predicted octanol–water partition coefficient (Wildman–Crippen LogP) is 2.80. The highest BCUT2D eigenvalue weighted by atomic mass is 35.5. The van der Waals surface area contributed by atoms with Crippen LogP contribution in [-0.2, 0) is 0 Å². The van der Waals surface area contributed by atoms with E-state index in [9.17, 15) is 20.0 Å². The number of furan rings is 1. The van der Waals surface area contributed by atoms with E-state index in [1.54, 1.807) is 0 Å². The third-order valence-electron chi connectivity index (χ3n) is 2.24. The monoisotopic (exact) mass is 282 g/mol. The standard InChI is InChI=1S/C11H7ClN2O5/c12-10-4-3-9(19-10)11(16)13-7-2-1-6(14(17)18)5-8(7)15/h1-5,15H,(H,13,16). The number of nitro benzene ring substituents is 1. The molecule has 98 valence electrons. The van der Waals surface area contributed by atoms with E-state index in [1.165, 1.54) is 18.2 Å². The van der Waals surface area contributed by atoms with Gasteiger partial charge in [-0.15, -0.1) is 0 Å². The first-order chi connectivity index (χ1) is 8.97. The maximum atomic E-state index is 11.7. The molecule has 0 bridgehead atoms. The van der Waals surface area contributed by atoms with Crippen molar-refractivity contribution in [1.82, 2.24) is 0 Å². The van der Waals surface area contributed by atoms with Gasteiger partial charge >= 0.3 is 0 Å². The van der Waals surface area contributed by atoms with Crippen molar-refractivity contribution in [2.75, 3.05) is 5.32 Å². The minimum absolute atomic E-state index is 0.0307. The fourth-order valence-electron chi connectivity index (χ4n) is 1.36. The van der Waals surface area contributed by atoms with E-state index in [0.29, 0.717) is 0 Å². The number of rotatable bonds is 3. The summed E-state index contributed by atoms with van der Waals surface area (Å²) >= 11 is 5.52. The topological polar surface area (TPSA) is 106 Å². The van der Waals surface area contributed by atoms with Gasteiger partial charge < -0.3 is 14.8 Å². The van der Waals surface area contributed by atoms with E-state index in [2.05, 4.69) is 5.32 Å². The number of aromatic hydroxyl groups is 1. The van der Waals surface area contributed by atoms with Crippen molar-refractivity contribution in [3.05, 3.63) is 51.4 Å². The molecule has 7 nitrogen and oxygen atoms in total. The molecular formula is C11H7ClN2O5. The summed E-state index contributed by atoms with van der Waals surface area (Å²) < 4.78 is 4.88. The van der Waals surface area contributed by atoms with E-state index >= 15 is 0 Å². The Bertz CT molecular complexity index is 652. The lowest BCUT2D eigenvalue weighted by atomic mass is 10.2. The molecule has 0 unspecified atom stereocenters. The molecule has 1 amide bonds. The number of nitrogens with one attached hydrogen (secondary N) is 1. The first-order valence-electron chi connectivity index (χ1n) is 5.01. The third-order valence-corrected chi connectivity index (χ3v) is 2.44. The van der Waals surface area contributed by atoms with Gasteiger partial charge in [0.2, 0.25) is 0 Å². The number of carbonyl (C=O) groups excluding carboxylic acids is 1. The number of amides is 1. The number of halogens is 1. The predicted molar refractivity (Wildman–Crippen MR) is 66.4 cm³/mol.